The van der Waals surface area contributed by atoms with E-state index in [0.717, 1.165) is 11.3 Å². The van der Waals surface area contributed by atoms with Crippen LogP contribution in [0.5, 0.6) is 11.5 Å². The van der Waals surface area contributed by atoms with Crippen molar-refractivity contribution >= 4 is 5.82 Å². The fourth-order valence-electron chi connectivity index (χ4n) is 2.05. The number of nitrogen functional groups attached to an aromatic ring is 1. The average molecular weight is 289 g/mol. The molecule has 21 heavy (non-hydrogen) atoms. The smallest absolute Gasteiger partial charge is 0.161 e. The van der Waals surface area contributed by atoms with Crippen LogP contribution in [0.2, 0.25) is 0 Å². The fourth-order valence-corrected chi connectivity index (χ4v) is 2.05. The zero-order chi connectivity index (χ0) is 15.2. The lowest BCUT2D eigenvalue weighted by Gasteiger charge is -2.10. The van der Waals surface area contributed by atoms with Gasteiger partial charge in [0.15, 0.2) is 11.5 Å². The molecule has 1 heterocycles. The second-order valence-corrected chi connectivity index (χ2v) is 4.50. The van der Waals surface area contributed by atoms with Crippen molar-refractivity contribution < 1.29 is 14.2 Å². The molecule has 1 aromatic carbocycles. The van der Waals surface area contributed by atoms with Crippen LogP contribution in [0.4, 0.5) is 5.82 Å². The number of rotatable bonds is 6. The summed E-state index contributed by atoms with van der Waals surface area (Å²) in [5.41, 5.74) is 7.57. The van der Waals surface area contributed by atoms with Gasteiger partial charge in [-0.2, -0.15) is 0 Å². The lowest BCUT2D eigenvalue weighted by Crippen LogP contribution is -2.05. The third-order valence-electron chi connectivity index (χ3n) is 2.95. The molecule has 0 spiro atoms. The molecule has 0 radical (unpaired) electrons. The third kappa shape index (κ3) is 3.82. The van der Waals surface area contributed by atoms with E-state index in [-0.39, 0.29) is 0 Å². The Labute approximate surface area is 123 Å². The molecule has 0 saturated carbocycles. The van der Waals surface area contributed by atoms with Gasteiger partial charge >= 0.3 is 0 Å². The molecule has 0 fully saturated rings. The summed E-state index contributed by atoms with van der Waals surface area (Å²) in [6, 6.07) is 7.42. The summed E-state index contributed by atoms with van der Waals surface area (Å²) in [4.78, 5) is 8.68. The Balaban J connectivity index is 2.25. The zero-order valence-electron chi connectivity index (χ0n) is 12.4. The molecule has 2 aromatic rings. The van der Waals surface area contributed by atoms with Gasteiger partial charge in [-0.1, -0.05) is 6.07 Å². The topological polar surface area (TPSA) is 79.5 Å². The molecule has 112 valence electrons. The van der Waals surface area contributed by atoms with Crippen LogP contribution in [-0.2, 0) is 17.8 Å². The first-order valence-electron chi connectivity index (χ1n) is 6.48. The minimum atomic E-state index is 0.408. The summed E-state index contributed by atoms with van der Waals surface area (Å²) < 4.78 is 15.6. The third-order valence-corrected chi connectivity index (χ3v) is 2.95. The predicted octanol–water partition coefficient (Wildman–Crippen LogP) is 1.81. The van der Waals surface area contributed by atoms with Crippen molar-refractivity contribution in [1.82, 2.24) is 9.97 Å². The first-order chi connectivity index (χ1) is 10.2. The van der Waals surface area contributed by atoms with Crippen LogP contribution in [-0.4, -0.2) is 31.3 Å². The maximum atomic E-state index is 5.79. The Kier molecular flexibility index (Phi) is 4.94. The van der Waals surface area contributed by atoms with Crippen molar-refractivity contribution in [3.8, 4) is 11.5 Å². The maximum Gasteiger partial charge on any atom is 0.161 e. The molecular weight excluding hydrogens is 270 g/mol. The highest BCUT2D eigenvalue weighted by molar-refractivity contribution is 5.43. The van der Waals surface area contributed by atoms with Gasteiger partial charge in [0.2, 0.25) is 0 Å². The molecule has 1 aromatic heterocycles. The van der Waals surface area contributed by atoms with E-state index in [1.807, 2.05) is 18.2 Å². The molecule has 0 aliphatic heterocycles. The number of nitrogens with zero attached hydrogens (tertiary/aromatic N) is 2. The summed E-state index contributed by atoms with van der Waals surface area (Å²) in [6.07, 6.45) is 0.558. The molecule has 0 unspecified atom stereocenters. The largest absolute Gasteiger partial charge is 0.493 e. The Morgan fingerprint density at radius 3 is 2.43 bits per heavy atom. The number of hydrogen-bond acceptors (Lipinski definition) is 6. The van der Waals surface area contributed by atoms with E-state index in [1.165, 1.54) is 0 Å². The van der Waals surface area contributed by atoms with E-state index >= 15 is 0 Å². The van der Waals surface area contributed by atoms with Gasteiger partial charge in [-0.05, 0) is 17.7 Å². The van der Waals surface area contributed by atoms with Crippen molar-refractivity contribution in [3.05, 3.63) is 41.3 Å². The minimum absolute atomic E-state index is 0.408. The van der Waals surface area contributed by atoms with Gasteiger partial charge in [0.1, 0.15) is 11.6 Å². The van der Waals surface area contributed by atoms with Gasteiger partial charge in [0, 0.05) is 19.6 Å². The lowest BCUT2D eigenvalue weighted by molar-refractivity contribution is 0.181. The summed E-state index contributed by atoms with van der Waals surface area (Å²) in [6.45, 7) is 0.408. The highest BCUT2D eigenvalue weighted by Gasteiger charge is 2.08. The first-order valence-corrected chi connectivity index (χ1v) is 6.48. The number of hydrogen-bond donors (Lipinski definition) is 1. The number of nitrogens with two attached hydrogens (primary N) is 1. The van der Waals surface area contributed by atoms with Crippen LogP contribution in [0.25, 0.3) is 0 Å². The van der Waals surface area contributed by atoms with Crippen LogP contribution in [0.1, 0.15) is 17.1 Å². The fraction of sp³-hybridized carbons (Fsp3) is 0.333. The maximum absolute atomic E-state index is 5.79. The summed E-state index contributed by atoms with van der Waals surface area (Å²) >= 11 is 0. The molecule has 0 bridgehead atoms. The van der Waals surface area contributed by atoms with Gasteiger partial charge in [-0.25, -0.2) is 9.97 Å². The van der Waals surface area contributed by atoms with E-state index < -0.39 is 0 Å². The van der Waals surface area contributed by atoms with Crippen LogP contribution in [0, 0.1) is 0 Å². The van der Waals surface area contributed by atoms with E-state index in [2.05, 4.69) is 9.97 Å². The summed E-state index contributed by atoms with van der Waals surface area (Å²) in [5.74, 6) is 2.45. The molecule has 2 N–H and O–H groups in total. The molecule has 0 amide bonds. The van der Waals surface area contributed by atoms with Crippen LogP contribution >= 0.6 is 0 Å². The lowest BCUT2D eigenvalue weighted by atomic mass is 10.1. The van der Waals surface area contributed by atoms with Gasteiger partial charge < -0.3 is 19.9 Å². The van der Waals surface area contributed by atoms with Crippen LogP contribution in [0.15, 0.2) is 24.3 Å². The molecule has 2 rings (SSSR count). The highest BCUT2D eigenvalue weighted by atomic mass is 16.5. The molecule has 0 aliphatic rings. The van der Waals surface area contributed by atoms with Crippen molar-refractivity contribution in [3.63, 3.8) is 0 Å². The number of anilines is 1. The van der Waals surface area contributed by atoms with Crippen molar-refractivity contribution in [2.45, 2.75) is 13.0 Å². The highest BCUT2D eigenvalue weighted by Crippen LogP contribution is 2.28. The van der Waals surface area contributed by atoms with E-state index in [0.29, 0.717) is 36.2 Å². The van der Waals surface area contributed by atoms with Crippen molar-refractivity contribution in [2.75, 3.05) is 27.1 Å². The number of aromatic nitrogens is 2. The Morgan fingerprint density at radius 1 is 1.00 bits per heavy atom. The van der Waals surface area contributed by atoms with E-state index in [9.17, 15) is 0 Å². The quantitative estimate of drug-likeness (QED) is 0.873. The Hall–Kier alpha value is -2.34. The SMILES string of the molecule is COCc1cc(N)nc(Cc2ccc(OC)c(OC)c2)n1. The first kappa shape index (κ1) is 15.1. The number of methoxy groups -OCH3 is 3. The van der Waals surface area contributed by atoms with Crippen molar-refractivity contribution in [1.29, 1.82) is 0 Å². The average Bonchev–Trinajstić information content (AvgIpc) is 2.46. The van der Waals surface area contributed by atoms with E-state index in [1.54, 1.807) is 27.4 Å². The Bertz CT molecular complexity index is 617. The molecular formula is C15H19N3O3. The number of ether oxygens (including phenoxy) is 3. The standard InChI is InChI=1S/C15H19N3O3/c1-19-9-11-8-14(16)18-15(17-11)7-10-4-5-12(20-2)13(6-10)21-3/h4-6,8H,7,9H2,1-3H3,(H2,16,17,18). The molecule has 0 saturated heterocycles. The minimum Gasteiger partial charge on any atom is -0.493 e. The van der Waals surface area contributed by atoms with Gasteiger partial charge in [-0.3, -0.25) is 0 Å². The molecule has 6 heteroatoms. The normalized spacial score (nSPS) is 10.4. The predicted molar refractivity (Wildman–Crippen MR) is 79.5 cm³/mol. The van der Waals surface area contributed by atoms with Crippen LogP contribution < -0.4 is 15.2 Å². The number of benzene rings is 1. The van der Waals surface area contributed by atoms with Gasteiger partial charge in [-0.15, -0.1) is 0 Å². The van der Waals surface area contributed by atoms with Crippen LogP contribution in [0.3, 0.4) is 0 Å². The zero-order valence-corrected chi connectivity index (χ0v) is 12.4. The van der Waals surface area contributed by atoms with Gasteiger partial charge in [0.25, 0.3) is 0 Å². The second-order valence-electron chi connectivity index (χ2n) is 4.50. The Morgan fingerprint density at radius 2 is 1.76 bits per heavy atom. The molecule has 0 atom stereocenters. The summed E-state index contributed by atoms with van der Waals surface area (Å²) in [5, 5.41) is 0. The molecule has 0 aliphatic carbocycles. The van der Waals surface area contributed by atoms with Crippen molar-refractivity contribution in [2.24, 2.45) is 0 Å². The second kappa shape index (κ2) is 6.90. The monoisotopic (exact) mass is 289 g/mol. The van der Waals surface area contributed by atoms with E-state index in [4.69, 9.17) is 19.9 Å². The molecule has 6 nitrogen and oxygen atoms in total. The van der Waals surface area contributed by atoms with Gasteiger partial charge in [0.05, 0.1) is 26.5 Å². The summed E-state index contributed by atoms with van der Waals surface area (Å²) in [7, 11) is 4.83.